The summed E-state index contributed by atoms with van der Waals surface area (Å²) in [4.78, 5) is 24.1. The van der Waals surface area contributed by atoms with Crippen LogP contribution in [0, 0.1) is 34.5 Å². The van der Waals surface area contributed by atoms with E-state index >= 15 is 0 Å². The molecule has 0 saturated heterocycles. The number of carboxylic acid groups (broad SMARTS) is 1. The first-order chi connectivity index (χ1) is 12.4. The van der Waals surface area contributed by atoms with Crippen LogP contribution in [0.15, 0.2) is 12.2 Å². The molecule has 2 saturated carbocycles. The highest BCUT2D eigenvalue weighted by Gasteiger charge is 2.64. The monoisotopic (exact) mass is 378 g/mol. The minimum atomic E-state index is -1.24. The molecule has 0 aromatic rings. The molecule has 152 valence electrons. The van der Waals surface area contributed by atoms with Gasteiger partial charge in [-0.15, -0.1) is 0 Å². The number of carboxylic acids is 1. The van der Waals surface area contributed by atoms with Crippen molar-refractivity contribution in [2.24, 2.45) is 34.5 Å². The number of carbonyl (C=O) groups excluding carboxylic acids is 1. The average molecular weight is 379 g/mol. The summed E-state index contributed by atoms with van der Waals surface area (Å²) in [5.74, 6) is -0.408. The van der Waals surface area contributed by atoms with Crippen molar-refractivity contribution in [2.45, 2.75) is 78.4 Å². The van der Waals surface area contributed by atoms with Crippen molar-refractivity contribution >= 4 is 11.9 Å². The molecular weight excluding hydrogens is 344 g/mol. The van der Waals surface area contributed by atoms with E-state index in [9.17, 15) is 19.8 Å². The Labute approximate surface area is 162 Å². The van der Waals surface area contributed by atoms with Crippen molar-refractivity contribution in [3.05, 3.63) is 12.2 Å². The lowest BCUT2D eigenvalue weighted by Crippen LogP contribution is -2.53. The lowest BCUT2D eigenvalue weighted by molar-refractivity contribution is -0.169. The van der Waals surface area contributed by atoms with E-state index in [1.165, 1.54) is 6.92 Å². The molecule has 7 atom stereocenters. The summed E-state index contributed by atoms with van der Waals surface area (Å²) < 4.78 is 5.49. The van der Waals surface area contributed by atoms with Gasteiger partial charge in [0, 0.05) is 6.92 Å². The molecule has 0 aromatic heterocycles. The zero-order valence-corrected chi connectivity index (χ0v) is 17.2. The van der Waals surface area contributed by atoms with E-state index in [1.54, 1.807) is 13.0 Å². The Morgan fingerprint density at radius 2 is 1.85 bits per heavy atom. The number of rotatable bonds is 3. The minimum absolute atomic E-state index is 0.0595. The Morgan fingerprint density at radius 3 is 2.41 bits per heavy atom. The van der Waals surface area contributed by atoms with E-state index in [1.807, 2.05) is 6.08 Å². The Bertz CT molecular complexity index is 651. The molecule has 0 spiro atoms. The van der Waals surface area contributed by atoms with Crippen molar-refractivity contribution in [3.63, 3.8) is 0 Å². The molecule has 5 heteroatoms. The quantitative estimate of drug-likeness (QED) is 0.576. The predicted molar refractivity (Wildman–Crippen MR) is 102 cm³/mol. The van der Waals surface area contributed by atoms with Gasteiger partial charge in [0.2, 0.25) is 0 Å². The molecule has 5 nitrogen and oxygen atoms in total. The number of allylic oxidation sites excluding steroid dienone is 1. The molecule has 3 aliphatic carbocycles. The van der Waals surface area contributed by atoms with Gasteiger partial charge in [-0.05, 0) is 68.1 Å². The third-order valence-corrected chi connectivity index (χ3v) is 7.92. The second-order valence-corrected chi connectivity index (χ2v) is 9.95. The highest BCUT2D eigenvalue weighted by molar-refractivity contribution is 5.76. The number of hydrogen-bond acceptors (Lipinski definition) is 4. The molecule has 2 fully saturated rings. The number of carbonyl (C=O) groups is 2. The average Bonchev–Trinajstić information content (AvgIpc) is 2.89. The highest BCUT2D eigenvalue weighted by Crippen LogP contribution is 2.65. The summed E-state index contributed by atoms with van der Waals surface area (Å²) in [7, 11) is 0. The maximum absolute atomic E-state index is 12.5. The Balaban J connectivity index is 2.02. The van der Waals surface area contributed by atoms with Gasteiger partial charge in [0.25, 0.3) is 0 Å². The van der Waals surface area contributed by atoms with E-state index in [4.69, 9.17) is 4.74 Å². The fraction of sp³-hybridized carbons (Fsp3) is 0.818. The highest BCUT2D eigenvalue weighted by atomic mass is 16.6. The zero-order valence-electron chi connectivity index (χ0n) is 17.2. The van der Waals surface area contributed by atoms with Gasteiger partial charge in [0.15, 0.2) is 0 Å². The molecule has 0 amide bonds. The largest absolute Gasteiger partial charge is 0.481 e. The fourth-order valence-electron chi connectivity index (χ4n) is 6.52. The molecule has 0 unspecified atom stereocenters. The third kappa shape index (κ3) is 3.12. The van der Waals surface area contributed by atoms with Crippen LogP contribution in [0.1, 0.15) is 66.7 Å². The van der Waals surface area contributed by atoms with Crippen LogP contribution >= 0.6 is 0 Å². The SMILES string of the molecule is CC(=O)O[C@@H]1C[C@]2(C)CC[C@]3(C(=O)O)[C@@H](C(C)C)CC[C@H]3[C@@H]2C=C[C@]1(C)O. The van der Waals surface area contributed by atoms with E-state index in [-0.39, 0.29) is 23.2 Å². The van der Waals surface area contributed by atoms with Crippen LogP contribution in [0.3, 0.4) is 0 Å². The summed E-state index contributed by atoms with van der Waals surface area (Å²) in [6.07, 6.45) is 6.99. The molecule has 0 bridgehead atoms. The Kier molecular flexibility index (Phi) is 4.99. The first-order valence-corrected chi connectivity index (χ1v) is 10.3. The number of hydrogen-bond donors (Lipinski definition) is 2. The number of aliphatic carboxylic acids is 1. The lowest BCUT2D eigenvalue weighted by Gasteiger charge is -2.53. The summed E-state index contributed by atoms with van der Waals surface area (Å²) in [5.41, 5.74) is -2.11. The second-order valence-electron chi connectivity index (χ2n) is 9.95. The van der Waals surface area contributed by atoms with Crippen LogP contribution in [0.4, 0.5) is 0 Å². The van der Waals surface area contributed by atoms with E-state index < -0.39 is 29.1 Å². The molecule has 3 rings (SSSR count). The first-order valence-electron chi connectivity index (χ1n) is 10.3. The molecule has 0 heterocycles. The van der Waals surface area contributed by atoms with Gasteiger partial charge in [-0.1, -0.05) is 32.9 Å². The lowest BCUT2D eigenvalue weighted by atomic mass is 9.50. The molecule has 2 N–H and O–H groups in total. The van der Waals surface area contributed by atoms with Crippen LogP contribution in [0.2, 0.25) is 0 Å². The van der Waals surface area contributed by atoms with E-state index in [2.05, 4.69) is 20.8 Å². The van der Waals surface area contributed by atoms with Crippen LogP contribution in [0.25, 0.3) is 0 Å². The third-order valence-electron chi connectivity index (χ3n) is 7.92. The molecule has 0 aromatic carbocycles. The minimum Gasteiger partial charge on any atom is -0.481 e. The molecule has 0 aliphatic heterocycles. The summed E-state index contributed by atoms with van der Waals surface area (Å²) in [6.45, 7) is 9.49. The topological polar surface area (TPSA) is 83.8 Å². The maximum atomic E-state index is 12.5. The molecule has 27 heavy (non-hydrogen) atoms. The van der Waals surface area contributed by atoms with Gasteiger partial charge in [0.1, 0.15) is 11.7 Å². The predicted octanol–water partition coefficient (Wildman–Crippen LogP) is 3.80. The first kappa shape index (κ1) is 20.4. The summed E-state index contributed by atoms with van der Waals surface area (Å²) >= 11 is 0. The standard InChI is InChI=1S/C22H34O5/c1-13(2)15-6-7-17-16-8-9-21(5,26)18(27-14(3)23)12-20(16,4)10-11-22(15,17)19(24)25/h8-9,13,15-18,26H,6-7,10-12H2,1-5H3,(H,24,25)/t15-,16+,17+,18-,20+,21+,22+/m1/s1. The van der Waals surface area contributed by atoms with Crippen molar-refractivity contribution in [1.29, 1.82) is 0 Å². The fourth-order valence-corrected chi connectivity index (χ4v) is 6.52. The number of ether oxygens (including phenoxy) is 1. The van der Waals surface area contributed by atoms with Crippen molar-refractivity contribution in [1.82, 2.24) is 0 Å². The van der Waals surface area contributed by atoms with Crippen molar-refractivity contribution in [3.8, 4) is 0 Å². The smallest absolute Gasteiger partial charge is 0.310 e. The number of fused-ring (bicyclic) bond motifs is 3. The molecular formula is C22H34O5. The normalized spacial score (nSPS) is 46.5. The van der Waals surface area contributed by atoms with Gasteiger partial charge in [-0.25, -0.2) is 0 Å². The molecule has 0 radical (unpaired) electrons. The van der Waals surface area contributed by atoms with Crippen LogP contribution in [-0.2, 0) is 14.3 Å². The maximum Gasteiger partial charge on any atom is 0.310 e. The number of esters is 1. The Hall–Kier alpha value is -1.36. The summed E-state index contributed by atoms with van der Waals surface area (Å²) in [6, 6.07) is 0. The van der Waals surface area contributed by atoms with Gasteiger partial charge >= 0.3 is 11.9 Å². The van der Waals surface area contributed by atoms with Gasteiger partial charge in [0.05, 0.1) is 5.41 Å². The Morgan fingerprint density at radius 1 is 1.19 bits per heavy atom. The van der Waals surface area contributed by atoms with Crippen LogP contribution < -0.4 is 0 Å². The summed E-state index contributed by atoms with van der Waals surface area (Å²) in [5, 5.41) is 21.2. The second kappa shape index (κ2) is 6.61. The zero-order chi connectivity index (χ0) is 20.2. The van der Waals surface area contributed by atoms with Crippen molar-refractivity contribution in [2.75, 3.05) is 0 Å². The molecule has 3 aliphatic rings. The van der Waals surface area contributed by atoms with Crippen molar-refractivity contribution < 1.29 is 24.5 Å². The van der Waals surface area contributed by atoms with Gasteiger partial charge in [-0.2, -0.15) is 0 Å². The number of aliphatic hydroxyl groups is 1. The van der Waals surface area contributed by atoms with Gasteiger partial charge < -0.3 is 14.9 Å². The van der Waals surface area contributed by atoms with E-state index in [0.29, 0.717) is 18.8 Å². The van der Waals surface area contributed by atoms with Crippen LogP contribution in [-0.4, -0.2) is 33.9 Å². The van der Waals surface area contributed by atoms with Crippen LogP contribution in [0.5, 0.6) is 0 Å². The van der Waals surface area contributed by atoms with E-state index in [0.717, 1.165) is 19.3 Å². The van der Waals surface area contributed by atoms with Gasteiger partial charge in [-0.3, -0.25) is 9.59 Å².